The Morgan fingerprint density at radius 2 is 2.00 bits per heavy atom. The van der Waals surface area contributed by atoms with Crippen LogP contribution in [-0.2, 0) is 6.54 Å². The van der Waals surface area contributed by atoms with Crippen molar-refractivity contribution in [2.45, 2.75) is 6.54 Å². The number of aromatic nitrogens is 1. The van der Waals surface area contributed by atoms with Gasteiger partial charge in [-0.25, -0.2) is 4.99 Å². The van der Waals surface area contributed by atoms with E-state index in [0.29, 0.717) is 12.5 Å². The molecule has 6 heteroatoms. The van der Waals surface area contributed by atoms with Crippen molar-refractivity contribution < 1.29 is 4.74 Å². The van der Waals surface area contributed by atoms with Crippen molar-refractivity contribution >= 4 is 17.3 Å². The molecule has 2 rings (SSSR count). The van der Waals surface area contributed by atoms with Crippen LogP contribution in [0.3, 0.4) is 0 Å². The summed E-state index contributed by atoms with van der Waals surface area (Å²) < 4.78 is 5.11. The molecule has 0 saturated heterocycles. The van der Waals surface area contributed by atoms with Gasteiger partial charge in [-0.15, -0.1) is 0 Å². The van der Waals surface area contributed by atoms with E-state index >= 15 is 0 Å². The Kier molecular flexibility index (Phi) is 5.19. The first-order valence-corrected chi connectivity index (χ1v) is 6.92. The number of hydrogen-bond donors (Lipinski definition) is 2. The van der Waals surface area contributed by atoms with Crippen molar-refractivity contribution in [3.63, 3.8) is 0 Å². The molecule has 1 aromatic heterocycles. The molecule has 0 bridgehead atoms. The van der Waals surface area contributed by atoms with Crippen LogP contribution in [0.4, 0.5) is 11.4 Å². The molecule has 2 aromatic rings. The molecule has 3 N–H and O–H groups in total. The van der Waals surface area contributed by atoms with E-state index in [4.69, 9.17) is 10.5 Å². The third-order valence-electron chi connectivity index (χ3n) is 3.11. The summed E-state index contributed by atoms with van der Waals surface area (Å²) >= 11 is 0. The highest BCUT2D eigenvalue weighted by atomic mass is 16.5. The predicted molar refractivity (Wildman–Crippen MR) is 90.5 cm³/mol. The SMILES string of the molecule is COc1ccc(NC(N)=NCc2ncccc2N(C)C)cc1. The van der Waals surface area contributed by atoms with Gasteiger partial charge < -0.3 is 20.7 Å². The molecule has 1 aromatic carbocycles. The van der Waals surface area contributed by atoms with Crippen molar-refractivity contribution in [3.8, 4) is 5.75 Å². The summed E-state index contributed by atoms with van der Waals surface area (Å²) in [5, 5.41) is 3.04. The lowest BCUT2D eigenvalue weighted by molar-refractivity contribution is 0.415. The van der Waals surface area contributed by atoms with Gasteiger partial charge in [-0.1, -0.05) is 0 Å². The van der Waals surface area contributed by atoms with E-state index in [2.05, 4.69) is 15.3 Å². The fraction of sp³-hybridized carbons (Fsp3) is 0.250. The van der Waals surface area contributed by atoms with Crippen LogP contribution in [0.25, 0.3) is 0 Å². The summed E-state index contributed by atoms with van der Waals surface area (Å²) in [4.78, 5) is 10.7. The molecule has 0 fully saturated rings. The molecule has 0 saturated carbocycles. The van der Waals surface area contributed by atoms with Crippen molar-refractivity contribution in [3.05, 3.63) is 48.3 Å². The zero-order valence-corrected chi connectivity index (χ0v) is 13.1. The van der Waals surface area contributed by atoms with E-state index in [0.717, 1.165) is 22.8 Å². The molecule has 0 atom stereocenters. The molecular formula is C16H21N5O. The van der Waals surface area contributed by atoms with E-state index in [-0.39, 0.29) is 0 Å². The third-order valence-corrected chi connectivity index (χ3v) is 3.11. The van der Waals surface area contributed by atoms with Crippen LogP contribution in [0.5, 0.6) is 5.75 Å². The van der Waals surface area contributed by atoms with Gasteiger partial charge in [-0.05, 0) is 36.4 Å². The fourth-order valence-electron chi connectivity index (χ4n) is 1.98. The molecule has 6 nitrogen and oxygen atoms in total. The highest BCUT2D eigenvalue weighted by Gasteiger charge is 2.04. The number of anilines is 2. The van der Waals surface area contributed by atoms with E-state index in [9.17, 15) is 0 Å². The standard InChI is InChI=1S/C16H21N5O/c1-21(2)15-5-4-10-18-14(15)11-19-16(17)20-12-6-8-13(22-3)9-7-12/h4-10H,11H2,1-3H3,(H3,17,19,20). The molecule has 0 unspecified atom stereocenters. The highest BCUT2D eigenvalue weighted by molar-refractivity contribution is 5.92. The van der Waals surface area contributed by atoms with Gasteiger partial charge >= 0.3 is 0 Å². The summed E-state index contributed by atoms with van der Waals surface area (Å²) in [6.07, 6.45) is 1.75. The average molecular weight is 299 g/mol. The van der Waals surface area contributed by atoms with Gasteiger partial charge in [0.05, 0.1) is 25.0 Å². The molecule has 22 heavy (non-hydrogen) atoms. The number of benzene rings is 1. The third kappa shape index (κ3) is 4.12. The number of pyridine rings is 1. The zero-order chi connectivity index (χ0) is 15.9. The Labute approximate surface area is 130 Å². The second-order valence-corrected chi connectivity index (χ2v) is 4.92. The van der Waals surface area contributed by atoms with Crippen LogP contribution in [0.15, 0.2) is 47.6 Å². The molecule has 0 aliphatic rings. The summed E-state index contributed by atoms with van der Waals surface area (Å²) in [6.45, 7) is 0.420. The summed E-state index contributed by atoms with van der Waals surface area (Å²) in [5.74, 6) is 1.14. The Bertz CT molecular complexity index is 637. The van der Waals surface area contributed by atoms with Gasteiger partial charge in [0, 0.05) is 26.0 Å². The molecule has 1 heterocycles. The van der Waals surface area contributed by atoms with Gasteiger partial charge in [0.25, 0.3) is 0 Å². The minimum atomic E-state index is 0.348. The smallest absolute Gasteiger partial charge is 0.193 e. The van der Waals surface area contributed by atoms with E-state index in [1.165, 1.54) is 0 Å². The van der Waals surface area contributed by atoms with E-state index < -0.39 is 0 Å². The lowest BCUT2D eigenvalue weighted by atomic mass is 10.3. The van der Waals surface area contributed by atoms with Gasteiger partial charge in [0.2, 0.25) is 0 Å². The number of nitrogens with zero attached hydrogens (tertiary/aromatic N) is 3. The summed E-state index contributed by atoms with van der Waals surface area (Å²) in [6, 6.07) is 11.4. The van der Waals surface area contributed by atoms with Crippen molar-refractivity contribution in [1.29, 1.82) is 0 Å². The first-order valence-electron chi connectivity index (χ1n) is 6.92. The van der Waals surface area contributed by atoms with Crippen molar-refractivity contribution in [1.82, 2.24) is 4.98 Å². The lowest BCUT2D eigenvalue weighted by Crippen LogP contribution is -2.23. The van der Waals surface area contributed by atoms with Crippen molar-refractivity contribution in [2.75, 3.05) is 31.4 Å². The van der Waals surface area contributed by atoms with Crippen LogP contribution >= 0.6 is 0 Å². The monoisotopic (exact) mass is 299 g/mol. The van der Waals surface area contributed by atoms with Gasteiger partial charge in [0.15, 0.2) is 5.96 Å². The van der Waals surface area contributed by atoms with Gasteiger partial charge in [-0.2, -0.15) is 0 Å². The zero-order valence-electron chi connectivity index (χ0n) is 13.1. The number of aliphatic imine (C=N–C) groups is 1. The lowest BCUT2D eigenvalue weighted by Gasteiger charge is -2.15. The number of methoxy groups -OCH3 is 1. The Balaban J connectivity index is 2.03. The maximum absolute atomic E-state index is 5.92. The van der Waals surface area contributed by atoms with Crippen LogP contribution in [-0.4, -0.2) is 32.1 Å². The number of guanidine groups is 1. The second kappa shape index (κ2) is 7.31. The van der Waals surface area contributed by atoms with E-state index in [1.807, 2.05) is 55.4 Å². The minimum Gasteiger partial charge on any atom is -0.497 e. The molecule has 0 spiro atoms. The Morgan fingerprint density at radius 1 is 1.27 bits per heavy atom. The first-order chi connectivity index (χ1) is 10.6. The Hall–Kier alpha value is -2.76. The summed E-state index contributed by atoms with van der Waals surface area (Å²) in [5.41, 5.74) is 8.69. The average Bonchev–Trinajstić information content (AvgIpc) is 2.54. The number of nitrogens with two attached hydrogens (primary N) is 1. The first kappa shape index (κ1) is 15.6. The fourth-order valence-corrected chi connectivity index (χ4v) is 1.98. The summed E-state index contributed by atoms with van der Waals surface area (Å²) in [7, 11) is 5.58. The molecular weight excluding hydrogens is 278 g/mol. The largest absolute Gasteiger partial charge is 0.497 e. The minimum absolute atomic E-state index is 0.348. The Morgan fingerprint density at radius 3 is 2.64 bits per heavy atom. The number of hydrogen-bond acceptors (Lipinski definition) is 4. The molecule has 116 valence electrons. The quantitative estimate of drug-likeness (QED) is 0.653. The maximum atomic E-state index is 5.92. The van der Waals surface area contributed by atoms with E-state index in [1.54, 1.807) is 13.3 Å². The topological polar surface area (TPSA) is 75.8 Å². The van der Waals surface area contributed by atoms with Gasteiger partial charge in [0.1, 0.15) is 5.75 Å². The van der Waals surface area contributed by atoms with Crippen LogP contribution in [0, 0.1) is 0 Å². The number of rotatable bonds is 5. The maximum Gasteiger partial charge on any atom is 0.193 e. The second-order valence-electron chi connectivity index (χ2n) is 4.92. The molecule has 0 aliphatic carbocycles. The predicted octanol–water partition coefficient (Wildman–Crippen LogP) is 2.08. The van der Waals surface area contributed by atoms with Gasteiger partial charge in [-0.3, -0.25) is 4.98 Å². The van der Waals surface area contributed by atoms with Crippen LogP contribution < -0.4 is 20.7 Å². The van der Waals surface area contributed by atoms with Crippen molar-refractivity contribution in [2.24, 2.45) is 10.7 Å². The molecule has 0 aliphatic heterocycles. The normalized spacial score (nSPS) is 11.1. The highest BCUT2D eigenvalue weighted by Crippen LogP contribution is 2.17. The molecule has 0 amide bonds. The number of ether oxygens (including phenoxy) is 1. The van der Waals surface area contributed by atoms with Crippen LogP contribution in [0.2, 0.25) is 0 Å². The van der Waals surface area contributed by atoms with Crippen LogP contribution in [0.1, 0.15) is 5.69 Å². The molecule has 0 radical (unpaired) electrons. The number of nitrogens with one attached hydrogen (secondary N) is 1.